The Morgan fingerprint density at radius 3 is 2.79 bits per heavy atom. The van der Waals surface area contributed by atoms with Crippen molar-refractivity contribution in [3.63, 3.8) is 0 Å². The highest BCUT2D eigenvalue weighted by molar-refractivity contribution is 5.86. The molecule has 4 rings (SSSR count). The second-order valence-electron chi connectivity index (χ2n) is 5.47. The van der Waals surface area contributed by atoms with Crippen molar-refractivity contribution in [1.82, 2.24) is 10.6 Å². The number of fused-ring (bicyclic) bond motifs is 1. The highest BCUT2D eigenvalue weighted by Gasteiger charge is 2.45. The van der Waals surface area contributed by atoms with E-state index >= 15 is 0 Å². The van der Waals surface area contributed by atoms with Crippen LogP contribution >= 0.6 is 0 Å². The van der Waals surface area contributed by atoms with Crippen molar-refractivity contribution >= 4 is 5.91 Å². The molecule has 2 aliphatic heterocycles. The number of amides is 1. The summed E-state index contributed by atoms with van der Waals surface area (Å²) in [5, 5.41) is 6.59. The van der Waals surface area contributed by atoms with Crippen molar-refractivity contribution in [3.8, 4) is 11.5 Å². The molecule has 0 radical (unpaired) electrons. The Balaban J connectivity index is 1.64. The molecular weight excluding hydrogens is 244 g/mol. The van der Waals surface area contributed by atoms with Crippen LogP contribution in [-0.4, -0.2) is 18.4 Å². The van der Waals surface area contributed by atoms with Crippen molar-refractivity contribution in [2.75, 3.05) is 6.79 Å². The Morgan fingerprint density at radius 2 is 1.95 bits per heavy atom. The molecule has 1 aliphatic carbocycles. The van der Waals surface area contributed by atoms with Crippen LogP contribution in [0.5, 0.6) is 11.5 Å². The summed E-state index contributed by atoms with van der Waals surface area (Å²) < 4.78 is 10.7. The molecule has 1 aromatic rings. The molecule has 5 heteroatoms. The van der Waals surface area contributed by atoms with Gasteiger partial charge in [0.15, 0.2) is 11.5 Å². The Hall–Kier alpha value is -1.75. The van der Waals surface area contributed by atoms with Crippen LogP contribution < -0.4 is 20.1 Å². The van der Waals surface area contributed by atoms with Crippen molar-refractivity contribution < 1.29 is 14.3 Å². The van der Waals surface area contributed by atoms with Gasteiger partial charge in [-0.2, -0.15) is 0 Å². The zero-order valence-electron chi connectivity index (χ0n) is 10.6. The third-order valence-corrected chi connectivity index (χ3v) is 4.23. The fraction of sp³-hybridized carbons (Fsp3) is 0.500. The molecule has 5 nitrogen and oxygen atoms in total. The van der Waals surface area contributed by atoms with E-state index in [0.29, 0.717) is 0 Å². The first kappa shape index (κ1) is 11.1. The van der Waals surface area contributed by atoms with E-state index in [1.54, 1.807) is 0 Å². The average Bonchev–Trinajstić information content (AvgIpc) is 3.10. The molecule has 1 aromatic carbocycles. The first-order valence-electron chi connectivity index (χ1n) is 6.75. The predicted octanol–water partition coefficient (Wildman–Crippen LogP) is 1.45. The van der Waals surface area contributed by atoms with Gasteiger partial charge in [0.1, 0.15) is 6.04 Å². The van der Waals surface area contributed by atoms with E-state index in [2.05, 4.69) is 10.6 Å². The summed E-state index contributed by atoms with van der Waals surface area (Å²) in [7, 11) is 0. The van der Waals surface area contributed by atoms with Crippen molar-refractivity contribution in [1.29, 1.82) is 0 Å². The van der Waals surface area contributed by atoms with Gasteiger partial charge in [0, 0.05) is 0 Å². The maximum atomic E-state index is 12.2. The molecule has 0 bridgehead atoms. The van der Waals surface area contributed by atoms with Gasteiger partial charge >= 0.3 is 0 Å². The second-order valence-corrected chi connectivity index (χ2v) is 5.47. The fourth-order valence-corrected chi connectivity index (χ4v) is 3.26. The molecule has 0 unspecified atom stereocenters. The van der Waals surface area contributed by atoms with E-state index in [-0.39, 0.29) is 24.4 Å². The van der Waals surface area contributed by atoms with E-state index in [1.165, 1.54) is 12.8 Å². The van der Waals surface area contributed by atoms with Crippen molar-refractivity contribution in [3.05, 3.63) is 23.8 Å². The molecule has 3 aliphatic rings. The molecular formula is C14H16N2O3. The Labute approximate surface area is 111 Å². The molecule has 19 heavy (non-hydrogen) atoms. The minimum Gasteiger partial charge on any atom is -0.454 e. The highest BCUT2D eigenvalue weighted by atomic mass is 16.7. The van der Waals surface area contributed by atoms with Crippen LogP contribution in [0, 0.1) is 0 Å². The average molecular weight is 260 g/mol. The quantitative estimate of drug-likeness (QED) is 0.802. The zero-order chi connectivity index (χ0) is 12.9. The van der Waals surface area contributed by atoms with Gasteiger partial charge in [0.25, 0.3) is 0 Å². The number of hydrogen-bond donors (Lipinski definition) is 2. The van der Waals surface area contributed by atoms with Crippen molar-refractivity contribution in [2.45, 2.75) is 37.4 Å². The van der Waals surface area contributed by atoms with Crippen molar-refractivity contribution in [2.24, 2.45) is 0 Å². The second kappa shape index (κ2) is 3.87. The van der Waals surface area contributed by atoms with Crippen LogP contribution in [0.2, 0.25) is 0 Å². The van der Waals surface area contributed by atoms with Crippen LogP contribution in [0.1, 0.15) is 37.3 Å². The number of carbonyl (C=O) groups is 1. The van der Waals surface area contributed by atoms with E-state index in [0.717, 1.165) is 29.9 Å². The van der Waals surface area contributed by atoms with Gasteiger partial charge in [-0.25, -0.2) is 0 Å². The van der Waals surface area contributed by atoms with Gasteiger partial charge in [0.2, 0.25) is 12.7 Å². The van der Waals surface area contributed by atoms with E-state index in [1.807, 2.05) is 18.2 Å². The van der Waals surface area contributed by atoms with Gasteiger partial charge in [-0.05, 0) is 43.4 Å². The smallest absolute Gasteiger partial charge is 0.243 e. The monoisotopic (exact) mass is 260 g/mol. The number of carbonyl (C=O) groups excluding carboxylic acids is 1. The lowest BCUT2D eigenvalue weighted by atomic mass is 10.1. The van der Waals surface area contributed by atoms with E-state index in [4.69, 9.17) is 9.47 Å². The molecule has 2 heterocycles. The minimum atomic E-state index is -0.285. The number of ether oxygens (including phenoxy) is 2. The van der Waals surface area contributed by atoms with Crippen LogP contribution in [-0.2, 0) is 4.79 Å². The molecule has 100 valence electrons. The van der Waals surface area contributed by atoms with Gasteiger partial charge in [-0.15, -0.1) is 0 Å². The lowest BCUT2D eigenvalue weighted by Crippen LogP contribution is -2.46. The lowest BCUT2D eigenvalue weighted by Gasteiger charge is -2.23. The summed E-state index contributed by atoms with van der Waals surface area (Å²) >= 11 is 0. The third-order valence-electron chi connectivity index (χ3n) is 4.23. The van der Waals surface area contributed by atoms with Crippen LogP contribution in [0.4, 0.5) is 0 Å². The predicted molar refractivity (Wildman–Crippen MR) is 67.8 cm³/mol. The number of rotatable bonds is 1. The maximum absolute atomic E-state index is 12.2. The Bertz CT molecular complexity index is 537. The molecule has 2 N–H and O–H groups in total. The Kier molecular flexibility index (Phi) is 2.26. The zero-order valence-corrected chi connectivity index (χ0v) is 10.6. The van der Waals surface area contributed by atoms with Crippen LogP contribution in [0.25, 0.3) is 0 Å². The SMILES string of the molecule is O=C1NC2(CCCC2)N[C@@H]1c1ccc2c(c1)OCO2. The van der Waals surface area contributed by atoms with E-state index < -0.39 is 0 Å². The third kappa shape index (κ3) is 1.69. The first-order valence-corrected chi connectivity index (χ1v) is 6.75. The normalized spacial score (nSPS) is 26.9. The Morgan fingerprint density at radius 1 is 1.16 bits per heavy atom. The molecule has 1 amide bonds. The lowest BCUT2D eigenvalue weighted by molar-refractivity contribution is -0.121. The summed E-state index contributed by atoms with van der Waals surface area (Å²) in [5.41, 5.74) is 0.753. The van der Waals surface area contributed by atoms with Crippen LogP contribution in [0.3, 0.4) is 0 Å². The number of nitrogens with one attached hydrogen (secondary N) is 2. The molecule has 1 saturated heterocycles. The summed E-state index contributed by atoms with van der Waals surface area (Å²) in [5.74, 6) is 1.53. The van der Waals surface area contributed by atoms with Gasteiger partial charge in [-0.1, -0.05) is 6.07 Å². The number of hydrogen-bond acceptors (Lipinski definition) is 4. The molecule has 2 fully saturated rings. The summed E-state index contributed by atoms with van der Waals surface area (Å²) in [6, 6.07) is 5.41. The fourth-order valence-electron chi connectivity index (χ4n) is 3.26. The topological polar surface area (TPSA) is 59.6 Å². The van der Waals surface area contributed by atoms with Gasteiger partial charge in [0.05, 0.1) is 5.66 Å². The van der Waals surface area contributed by atoms with Gasteiger partial charge in [-0.3, -0.25) is 10.1 Å². The number of benzene rings is 1. The maximum Gasteiger partial charge on any atom is 0.243 e. The molecule has 0 aromatic heterocycles. The van der Waals surface area contributed by atoms with Gasteiger partial charge < -0.3 is 14.8 Å². The standard InChI is InChI=1S/C14H16N2O3/c17-13-12(15-14(16-13)5-1-2-6-14)9-3-4-10-11(7-9)19-8-18-10/h3-4,7,12,15H,1-2,5-6,8H2,(H,16,17)/t12-/m1/s1. The van der Waals surface area contributed by atoms with Crippen LogP contribution in [0.15, 0.2) is 18.2 Å². The summed E-state index contributed by atoms with van der Waals surface area (Å²) in [4.78, 5) is 12.2. The highest BCUT2D eigenvalue weighted by Crippen LogP contribution is 2.38. The molecule has 1 spiro atoms. The largest absolute Gasteiger partial charge is 0.454 e. The molecule has 1 atom stereocenters. The minimum absolute atomic E-state index is 0.0563. The summed E-state index contributed by atoms with van der Waals surface area (Å²) in [6.45, 7) is 0.257. The first-order chi connectivity index (χ1) is 9.26. The van der Waals surface area contributed by atoms with E-state index in [9.17, 15) is 4.79 Å². The molecule has 1 saturated carbocycles. The summed E-state index contributed by atoms with van der Waals surface area (Å²) in [6.07, 6.45) is 4.36.